The van der Waals surface area contributed by atoms with E-state index in [0.29, 0.717) is 3.63 Å². The zero-order valence-electron chi connectivity index (χ0n) is 24.8. The van der Waals surface area contributed by atoms with Crippen LogP contribution in [0.4, 0.5) is 0 Å². The predicted molar refractivity (Wildman–Crippen MR) is 164 cm³/mol. The zero-order valence-corrected chi connectivity index (χ0v) is 29.6. The van der Waals surface area contributed by atoms with Crippen molar-refractivity contribution >= 4 is 20.1 Å². The molecular formula is C36H42Cl2SZr. The summed E-state index contributed by atoms with van der Waals surface area (Å²) in [6.45, 7) is 14.1. The summed E-state index contributed by atoms with van der Waals surface area (Å²) in [7, 11) is 0. The fraction of sp³-hybridized carbons (Fsp3) is 0.417. The van der Waals surface area contributed by atoms with E-state index in [4.69, 9.17) is 0 Å². The molecular weight excluding hydrogens is 627 g/mol. The molecule has 0 N–H and O–H groups in total. The van der Waals surface area contributed by atoms with Gasteiger partial charge in [-0.1, -0.05) is 0 Å². The van der Waals surface area contributed by atoms with Gasteiger partial charge in [0.25, 0.3) is 0 Å². The molecule has 0 unspecified atom stereocenters. The fourth-order valence-electron chi connectivity index (χ4n) is 6.78. The van der Waals surface area contributed by atoms with Crippen molar-refractivity contribution in [1.29, 1.82) is 0 Å². The van der Waals surface area contributed by atoms with Crippen molar-refractivity contribution in [2.75, 3.05) is 0 Å². The molecule has 0 atom stereocenters. The first-order valence-electron chi connectivity index (χ1n) is 14.6. The van der Waals surface area contributed by atoms with E-state index < -0.39 is 21.3 Å². The van der Waals surface area contributed by atoms with Crippen LogP contribution in [-0.2, 0) is 32.1 Å². The Labute approximate surface area is 266 Å². The van der Waals surface area contributed by atoms with Gasteiger partial charge in [-0.15, -0.1) is 0 Å². The number of hydrogen-bond acceptors (Lipinski definition) is 1. The molecule has 4 heteroatoms. The van der Waals surface area contributed by atoms with Crippen molar-refractivity contribution in [3.63, 3.8) is 0 Å². The number of hydrogen-bond donors (Lipinski definition) is 0. The van der Waals surface area contributed by atoms with E-state index >= 15 is 0 Å². The third-order valence-corrected chi connectivity index (χ3v) is 18.5. The summed E-state index contributed by atoms with van der Waals surface area (Å²) in [5.74, 6) is 0. The number of thiophene rings is 1. The van der Waals surface area contributed by atoms with Gasteiger partial charge < -0.3 is 24.8 Å². The van der Waals surface area contributed by atoms with Crippen LogP contribution in [-0.4, -0.2) is 3.21 Å². The molecule has 40 heavy (non-hydrogen) atoms. The van der Waals surface area contributed by atoms with Crippen LogP contribution in [0.5, 0.6) is 0 Å². The molecule has 3 aromatic rings. The van der Waals surface area contributed by atoms with Gasteiger partial charge in [0.1, 0.15) is 0 Å². The van der Waals surface area contributed by atoms with Gasteiger partial charge in [0.05, 0.1) is 0 Å². The van der Waals surface area contributed by atoms with Gasteiger partial charge in [0, 0.05) is 0 Å². The first kappa shape index (κ1) is 31.9. The molecule has 3 aliphatic rings. The van der Waals surface area contributed by atoms with Crippen LogP contribution in [0.2, 0.25) is 0 Å². The predicted octanol–water partition coefficient (Wildman–Crippen LogP) is 4.55. The van der Waals surface area contributed by atoms with E-state index in [-0.39, 0.29) is 35.6 Å². The molecule has 0 spiro atoms. The van der Waals surface area contributed by atoms with Crippen molar-refractivity contribution in [2.24, 2.45) is 0 Å². The average Bonchev–Trinajstić information content (AvgIpc) is 3.63. The Kier molecular flexibility index (Phi) is 9.79. The minimum Gasteiger partial charge on any atom is -1.00 e. The van der Waals surface area contributed by atoms with Crippen molar-refractivity contribution in [3.05, 3.63) is 96.5 Å². The maximum Gasteiger partial charge on any atom is -1.00 e. The molecule has 0 saturated heterocycles. The third-order valence-electron chi connectivity index (χ3n) is 8.97. The molecule has 210 valence electrons. The van der Waals surface area contributed by atoms with Crippen LogP contribution in [0.1, 0.15) is 112 Å². The second-order valence-electron chi connectivity index (χ2n) is 13.6. The van der Waals surface area contributed by atoms with Crippen LogP contribution in [0.3, 0.4) is 0 Å². The Bertz CT molecular complexity index is 1400. The Morgan fingerprint density at radius 1 is 0.750 bits per heavy atom. The summed E-state index contributed by atoms with van der Waals surface area (Å²) in [6.07, 6.45) is 13.0. The molecule has 1 fully saturated rings. The minimum absolute atomic E-state index is 0. The number of fused-ring (bicyclic) bond motifs is 3. The largest absolute Gasteiger partial charge is 1.00 e. The Morgan fingerprint density at radius 2 is 1.32 bits per heavy atom. The molecule has 1 heterocycles. The van der Waals surface area contributed by atoms with Gasteiger partial charge in [0.2, 0.25) is 0 Å². The minimum atomic E-state index is -2.28. The van der Waals surface area contributed by atoms with E-state index in [9.17, 15) is 0 Å². The molecule has 1 saturated carbocycles. The standard InChI is InChI=1S/C21H25.C9H7S.C6H10.2ClH.Zr/c1-20(2,3)16-9-7-14-11-15-8-10-17(21(4,5)6)13-19(15)18(14)12-16;1-2-4-8(3-1)9-5-6-10-7-9;1-2-4-6-5-3-1;;;/h7-13H,1-6H3;1,3,5-7H,2H2;1-5H2;2*1H;/q;;;;;+2/p-2. The number of benzene rings is 2. The summed E-state index contributed by atoms with van der Waals surface area (Å²) in [4.78, 5) is 0. The van der Waals surface area contributed by atoms with Crippen molar-refractivity contribution in [1.82, 2.24) is 0 Å². The Morgan fingerprint density at radius 3 is 1.82 bits per heavy atom. The molecule has 1 aromatic heterocycles. The van der Waals surface area contributed by atoms with E-state index in [1.165, 1.54) is 66.3 Å². The van der Waals surface area contributed by atoms with Crippen molar-refractivity contribution in [3.8, 4) is 11.1 Å². The van der Waals surface area contributed by atoms with E-state index in [2.05, 4.69) is 107 Å². The molecule has 0 bridgehead atoms. The number of halogens is 2. The quantitative estimate of drug-likeness (QED) is 0.385. The van der Waals surface area contributed by atoms with Crippen molar-refractivity contribution < 1.29 is 46.1 Å². The Hall–Kier alpha value is -1.05. The molecule has 2 aromatic carbocycles. The average molecular weight is 669 g/mol. The van der Waals surface area contributed by atoms with Crippen LogP contribution in [0.25, 0.3) is 16.7 Å². The van der Waals surface area contributed by atoms with Crippen LogP contribution in [0, 0.1) is 0 Å². The second kappa shape index (κ2) is 12.3. The molecule has 0 amide bonds. The second-order valence-corrected chi connectivity index (χ2v) is 21.1. The Balaban J connectivity index is 0.00000185. The smallest absolute Gasteiger partial charge is 1.00 e. The third kappa shape index (κ3) is 5.90. The van der Waals surface area contributed by atoms with E-state index in [1.807, 2.05) is 17.8 Å². The summed E-state index contributed by atoms with van der Waals surface area (Å²) < 4.78 is 4.45. The first-order chi connectivity index (χ1) is 18.1. The van der Waals surface area contributed by atoms with Gasteiger partial charge in [-0.2, -0.15) is 0 Å². The number of allylic oxidation sites excluding steroid dienone is 4. The zero-order chi connectivity index (χ0) is 26.7. The van der Waals surface area contributed by atoms with Crippen LogP contribution in [0.15, 0.2) is 68.7 Å². The molecule has 6 rings (SSSR count). The van der Waals surface area contributed by atoms with Gasteiger partial charge >= 0.3 is 244 Å². The maximum atomic E-state index is 2.56. The fourth-order valence-corrected chi connectivity index (χ4v) is 17.4. The SMILES string of the molecule is CC(C)(C)c1ccc2c(c1)-c1cc(C(C)(C)C)ccc1[CH]2[Zr+2]([C]1=C(c2ccsc2)C=CC1)=[C]1CCCCC1.[Cl-].[Cl-]. The topological polar surface area (TPSA) is 0 Å². The summed E-state index contributed by atoms with van der Waals surface area (Å²) in [5, 5.41) is 4.63. The van der Waals surface area contributed by atoms with Gasteiger partial charge in [-0.05, 0) is 0 Å². The van der Waals surface area contributed by atoms with Crippen molar-refractivity contribution in [2.45, 2.75) is 94.5 Å². The molecule has 3 aliphatic carbocycles. The summed E-state index contributed by atoms with van der Waals surface area (Å²) >= 11 is -0.444. The van der Waals surface area contributed by atoms with Crippen LogP contribution >= 0.6 is 11.3 Å². The first-order valence-corrected chi connectivity index (χ1v) is 19.4. The van der Waals surface area contributed by atoms with Crippen LogP contribution < -0.4 is 24.8 Å². The maximum absolute atomic E-state index is 2.56. The molecule has 0 nitrogen and oxygen atoms in total. The monoisotopic (exact) mass is 666 g/mol. The summed E-state index contributed by atoms with van der Waals surface area (Å²) in [5.41, 5.74) is 12.6. The molecule has 0 aliphatic heterocycles. The normalized spacial score (nSPS) is 16.7. The van der Waals surface area contributed by atoms with Gasteiger partial charge in [0.15, 0.2) is 0 Å². The molecule has 0 radical (unpaired) electrons. The number of rotatable bonds is 3. The van der Waals surface area contributed by atoms with E-state index in [1.54, 1.807) is 16.7 Å². The van der Waals surface area contributed by atoms with E-state index in [0.717, 1.165) is 0 Å². The summed E-state index contributed by atoms with van der Waals surface area (Å²) in [6, 6.07) is 17.5. The van der Waals surface area contributed by atoms with Gasteiger partial charge in [-0.3, -0.25) is 0 Å². The van der Waals surface area contributed by atoms with Gasteiger partial charge in [-0.25, -0.2) is 0 Å².